The monoisotopic (exact) mass is 248 g/mol. The van der Waals surface area contributed by atoms with E-state index in [4.69, 9.17) is 16.1 Å². The van der Waals surface area contributed by atoms with Gasteiger partial charge in [-0.2, -0.15) is 5.26 Å². The molecule has 0 fully saturated rings. The van der Waals surface area contributed by atoms with Crippen LogP contribution in [0.25, 0.3) is 0 Å². The number of sulfonamides is 1. The van der Waals surface area contributed by atoms with E-state index in [0.29, 0.717) is 6.07 Å². The normalized spacial score (nSPS) is 11.4. The van der Waals surface area contributed by atoms with E-state index in [-0.39, 0.29) is 0 Å². The predicted octanol–water partition coefficient (Wildman–Crippen LogP) is 0.120. The Kier molecular flexibility index (Phi) is 3.06. The fourth-order valence-electron chi connectivity index (χ4n) is 1.01. The summed E-state index contributed by atoms with van der Waals surface area (Å²) in [5, 5.41) is 13.3. The van der Waals surface area contributed by atoms with Gasteiger partial charge in [0, 0.05) is 0 Å². The minimum atomic E-state index is -4.19. The molecule has 0 saturated heterocycles. The average Bonchev–Trinajstić information content (AvgIpc) is 2.15. The van der Waals surface area contributed by atoms with E-state index in [1.165, 1.54) is 6.07 Å². The first kappa shape index (κ1) is 12.3. The molecule has 0 saturated carbocycles. The van der Waals surface area contributed by atoms with Crippen LogP contribution in [0.5, 0.6) is 0 Å². The standard InChI is InChI=1S/C7H6F2N4O2S/c8-6(9)5-3(2-10)1-4(7(11)13-5)16(12,14)15/h1,6H,(H2,11,13)(H2,12,14,15). The van der Waals surface area contributed by atoms with E-state index >= 15 is 0 Å². The third kappa shape index (κ3) is 2.23. The van der Waals surface area contributed by atoms with E-state index in [9.17, 15) is 17.2 Å². The summed E-state index contributed by atoms with van der Waals surface area (Å²) in [4.78, 5) is 2.51. The number of halogens is 2. The van der Waals surface area contributed by atoms with Crippen molar-refractivity contribution in [2.75, 3.05) is 5.73 Å². The highest BCUT2D eigenvalue weighted by molar-refractivity contribution is 7.89. The van der Waals surface area contributed by atoms with E-state index < -0.39 is 38.4 Å². The van der Waals surface area contributed by atoms with Crippen molar-refractivity contribution < 1.29 is 17.2 Å². The first-order valence-electron chi connectivity index (χ1n) is 3.79. The number of nitrogen functional groups attached to an aromatic ring is 1. The molecule has 86 valence electrons. The van der Waals surface area contributed by atoms with Crippen LogP contribution in [0.3, 0.4) is 0 Å². The van der Waals surface area contributed by atoms with Crippen LogP contribution in [0.15, 0.2) is 11.0 Å². The van der Waals surface area contributed by atoms with Crippen LogP contribution in [0.1, 0.15) is 17.7 Å². The highest BCUT2D eigenvalue weighted by atomic mass is 32.2. The Morgan fingerprint density at radius 2 is 2.06 bits per heavy atom. The summed E-state index contributed by atoms with van der Waals surface area (Å²) in [5.41, 5.74) is 3.71. The molecule has 0 radical (unpaired) electrons. The smallest absolute Gasteiger partial charge is 0.281 e. The quantitative estimate of drug-likeness (QED) is 0.769. The van der Waals surface area contributed by atoms with Crippen LogP contribution in [0, 0.1) is 11.3 Å². The van der Waals surface area contributed by atoms with Crippen molar-refractivity contribution in [3.05, 3.63) is 17.3 Å². The van der Waals surface area contributed by atoms with Gasteiger partial charge in [-0.3, -0.25) is 0 Å². The SMILES string of the molecule is N#Cc1cc(S(N)(=O)=O)c(N)nc1C(F)F. The van der Waals surface area contributed by atoms with Gasteiger partial charge in [-0.1, -0.05) is 0 Å². The molecule has 1 heterocycles. The lowest BCUT2D eigenvalue weighted by atomic mass is 10.2. The molecule has 0 aliphatic heterocycles. The summed E-state index contributed by atoms with van der Waals surface area (Å²) in [7, 11) is -4.19. The molecule has 0 spiro atoms. The fourth-order valence-corrected chi connectivity index (χ4v) is 1.63. The molecule has 1 aromatic rings. The largest absolute Gasteiger partial charge is 0.383 e. The average molecular weight is 248 g/mol. The summed E-state index contributed by atoms with van der Waals surface area (Å²) in [6.45, 7) is 0. The van der Waals surface area contributed by atoms with E-state index in [2.05, 4.69) is 4.98 Å². The van der Waals surface area contributed by atoms with Gasteiger partial charge in [0.1, 0.15) is 22.5 Å². The molecule has 0 amide bonds. The number of nitrogens with zero attached hydrogens (tertiary/aromatic N) is 2. The molecule has 1 aromatic heterocycles. The van der Waals surface area contributed by atoms with Crippen molar-refractivity contribution in [1.82, 2.24) is 4.98 Å². The summed E-state index contributed by atoms with van der Waals surface area (Å²) in [5.74, 6) is -0.656. The molecule has 4 N–H and O–H groups in total. The predicted molar refractivity (Wildman–Crippen MR) is 49.7 cm³/mol. The van der Waals surface area contributed by atoms with Gasteiger partial charge in [0.15, 0.2) is 0 Å². The summed E-state index contributed by atoms with van der Waals surface area (Å²) in [6, 6.07) is 2.08. The molecular formula is C7H6F2N4O2S. The number of hydrogen-bond acceptors (Lipinski definition) is 5. The second-order valence-electron chi connectivity index (χ2n) is 2.76. The number of nitriles is 1. The molecule has 0 aliphatic carbocycles. The lowest BCUT2D eigenvalue weighted by Gasteiger charge is -2.07. The van der Waals surface area contributed by atoms with Crippen molar-refractivity contribution in [3.63, 3.8) is 0 Å². The highest BCUT2D eigenvalue weighted by Gasteiger charge is 2.22. The Labute approximate surface area is 89.5 Å². The van der Waals surface area contributed by atoms with Gasteiger partial charge < -0.3 is 5.73 Å². The van der Waals surface area contributed by atoms with Crippen LogP contribution in [0.4, 0.5) is 14.6 Å². The molecule has 1 rings (SSSR count). The molecule has 9 heteroatoms. The van der Waals surface area contributed by atoms with Crippen molar-refractivity contribution >= 4 is 15.8 Å². The van der Waals surface area contributed by atoms with E-state index in [1.807, 2.05) is 0 Å². The molecule has 0 atom stereocenters. The molecule has 0 aromatic carbocycles. The number of hydrogen-bond donors (Lipinski definition) is 2. The summed E-state index contributed by atoms with van der Waals surface area (Å²) in [6.07, 6.45) is -3.02. The number of primary sulfonamides is 1. The van der Waals surface area contributed by atoms with Crippen LogP contribution in [-0.2, 0) is 10.0 Å². The molecule has 0 bridgehead atoms. The number of nitrogens with two attached hydrogens (primary N) is 2. The van der Waals surface area contributed by atoms with Gasteiger partial charge >= 0.3 is 0 Å². The minimum Gasteiger partial charge on any atom is -0.383 e. The van der Waals surface area contributed by atoms with Crippen molar-refractivity contribution in [3.8, 4) is 6.07 Å². The maximum atomic E-state index is 12.4. The zero-order valence-corrected chi connectivity index (χ0v) is 8.50. The number of rotatable bonds is 2. The van der Waals surface area contributed by atoms with Crippen molar-refractivity contribution in [2.24, 2.45) is 5.14 Å². The van der Waals surface area contributed by atoms with Crippen molar-refractivity contribution in [1.29, 1.82) is 5.26 Å². The highest BCUT2D eigenvalue weighted by Crippen LogP contribution is 2.25. The number of aromatic nitrogens is 1. The second-order valence-corrected chi connectivity index (χ2v) is 4.29. The zero-order chi connectivity index (χ0) is 12.5. The first-order chi connectivity index (χ1) is 7.27. The number of anilines is 1. The fraction of sp³-hybridized carbons (Fsp3) is 0.143. The summed E-state index contributed by atoms with van der Waals surface area (Å²) < 4.78 is 46.7. The maximum Gasteiger partial charge on any atom is 0.281 e. The maximum absolute atomic E-state index is 12.4. The van der Waals surface area contributed by atoms with Crippen LogP contribution in [-0.4, -0.2) is 13.4 Å². The Morgan fingerprint density at radius 1 is 1.50 bits per heavy atom. The Morgan fingerprint density at radius 3 is 2.44 bits per heavy atom. The zero-order valence-electron chi connectivity index (χ0n) is 7.68. The van der Waals surface area contributed by atoms with E-state index in [1.54, 1.807) is 0 Å². The number of alkyl halides is 2. The van der Waals surface area contributed by atoms with Gasteiger partial charge in [-0.05, 0) is 6.07 Å². The van der Waals surface area contributed by atoms with Gasteiger partial charge in [0.05, 0.1) is 5.56 Å². The Balaban J connectivity index is 3.58. The molecular weight excluding hydrogens is 242 g/mol. The lowest BCUT2D eigenvalue weighted by molar-refractivity contribution is 0.146. The van der Waals surface area contributed by atoms with Crippen LogP contribution < -0.4 is 10.9 Å². The number of pyridine rings is 1. The van der Waals surface area contributed by atoms with Gasteiger partial charge in [-0.15, -0.1) is 0 Å². The topological polar surface area (TPSA) is 123 Å². The molecule has 0 unspecified atom stereocenters. The van der Waals surface area contributed by atoms with Crippen LogP contribution >= 0.6 is 0 Å². The van der Waals surface area contributed by atoms with Gasteiger partial charge in [0.2, 0.25) is 10.0 Å². The minimum absolute atomic E-state index is 0.576. The first-order valence-corrected chi connectivity index (χ1v) is 5.33. The Hall–Kier alpha value is -1.79. The molecule has 6 nitrogen and oxygen atoms in total. The van der Waals surface area contributed by atoms with Gasteiger partial charge in [0.25, 0.3) is 6.43 Å². The van der Waals surface area contributed by atoms with E-state index in [0.717, 1.165) is 0 Å². The third-order valence-electron chi connectivity index (χ3n) is 1.68. The van der Waals surface area contributed by atoms with Gasteiger partial charge in [-0.25, -0.2) is 27.3 Å². The molecule has 0 aliphatic rings. The third-order valence-corrected chi connectivity index (χ3v) is 2.62. The van der Waals surface area contributed by atoms with Crippen molar-refractivity contribution in [2.45, 2.75) is 11.3 Å². The lowest BCUT2D eigenvalue weighted by Crippen LogP contribution is -2.16. The summed E-state index contributed by atoms with van der Waals surface area (Å²) >= 11 is 0. The van der Waals surface area contributed by atoms with Crippen LogP contribution in [0.2, 0.25) is 0 Å². The Bertz CT molecular complexity index is 564. The second kappa shape index (κ2) is 3.99. The molecule has 16 heavy (non-hydrogen) atoms.